The van der Waals surface area contributed by atoms with Gasteiger partial charge in [0.2, 0.25) is 0 Å². The number of rotatable bonds is 8. The molecule has 0 saturated carbocycles. The number of amides is 1. The summed E-state index contributed by atoms with van der Waals surface area (Å²) >= 11 is 1.45. The van der Waals surface area contributed by atoms with Gasteiger partial charge in [0, 0.05) is 18.3 Å². The Bertz CT molecular complexity index is 836. The number of hydrogen-bond acceptors (Lipinski definition) is 4. The second-order valence-electron chi connectivity index (χ2n) is 6.00. The van der Waals surface area contributed by atoms with Gasteiger partial charge in [0.15, 0.2) is 0 Å². The van der Waals surface area contributed by atoms with Crippen molar-refractivity contribution in [3.8, 4) is 11.1 Å². The molecule has 2 heterocycles. The van der Waals surface area contributed by atoms with Crippen molar-refractivity contribution in [3.05, 3.63) is 59.0 Å². The standard InChI is InChI=1S/C20H24N4OS/c1-3-23(4-2)11-12-24-15-17(14-21-24)22-20(25)19-18(10-13-26-19)16-8-6-5-7-9-16/h5-10,13-15H,3-4,11-12H2,1-2H3,(H,22,25). The third-order valence-corrected chi connectivity index (χ3v) is 5.30. The lowest BCUT2D eigenvalue weighted by atomic mass is 10.1. The summed E-state index contributed by atoms with van der Waals surface area (Å²) in [4.78, 5) is 15.8. The van der Waals surface area contributed by atoms with E-state index >= 15 is 0 Å². The monoisotopic (exact) mass is 368 g/mol. The summed E-state index contributed by atoms with van der Waals surface area (Å²) in [6.45, 7) is 8.13. The van der Waals surface area contributed by atoms with E-state index in [1.807, 2.05) is 52.7 Å². The molecule has 0 aliphatic rings. The van der Waals surface area contributed by atoms with E-state index in [9.17, 15) is 4.79 Å². The van der Waals surface area contributed by atoms with Crippen molar-refractivity contribution in [1.82, 2.24) is 14.7 Å². The molecule has 0 unspecified atom stereocenters. The Balaban J connectivity index is 1.66. The minimum atomic E-state index is -0.0952. The van der Waals surface area contributed by atoms with Crippen LogP contribution in [0.1, 0.15) is 23.5 Å². The van der Waals surface area contributed by atoms with Gasteiger partial charge in [0.05, 0.1) is 23.3 Å². The lowest BCUT2D eigenvalue weighted by Gasteiger charge is -2.17. The second kappa shape index (κ2) is 8.78. The molecule has 1 N–H and O–H groups in total. The number of thiophene rings is 1. The molecule has 0 bridgehead atoms. The van der Waals surface area contributed by atoms with E-state index in [1.54, 1.807) is 6.20 Å². The van der Waals surface area contributed by atoms with Crippen molar-refractivity contribution in [2.45, 2.75) is 20.4 Å². The highest BCUT2D eigenvalue weighted by atomic mass is 32.1. The molecule has 0 fully saturated rings. The molecule has 2 aromatic heterocycles. The molecule has 136 valence electrons. The number of hydrogen-bond donors (Lipinski definition) is 1. The minimum Gasteiger partial charge on any atom is -0.319 e. The van der Waals surface area contributed by atoms with Gasteiger partial charge in [-0.25, -0.2) is 0 Å². The van der Waals surface area contributed by atoms with Crippen LogP contribution in [0.25, 0.3) is 11.1 Å². The Labute approximate surface area is 158 Å². The number of benzene rings is 1. The number of likely N-dealkylation sites (N-methyl/N-ethyl adjacent to an activating group) is 1. The van der Waals surface area contributed by atoms with Crippen LogP contribution >= 0.6 is 11.3 Å². The van der Waals surface area contributed by atoms with E-state index in [0.717, 1.165) is 43.0 Å². The molecule has 0 aliphatic heterocycles. The lowest BCUT2D eigenvalue weighted by molar-refractivity contribution is 0.103. The zero-order valence-corrected chi connectivity index (χ0v) is 16.0. The van der Waals surface area contributed by atoms with Crippen molar-refractivity contribution in [2.24, 2.45) is 0 Å². The predicted molar refractivity (Wildman–Crippen MR) is 108 cm³/mol. The van der Waals surface area contributed by atoms with Crippen LogP contribution in [0.5, 0.6) is 0 Å². The van der Waals surface area contributed by atoms with Gasteiger partial charge in [0.25, 0.3) is 5.91 Å². The van der Waals surface area contributed by atoms with Crippen LogP contribution in [0, 0.1) is 0 Å². The molecule has 5 nitrogen and oxygen atoms in total. The first-order valence-corrected chi connectivity index (χ1v) is 9.78. The SMILES string of the molecule is CCN(CC)CCn1cc(NC(=O)c2sccc2-c2ccccc2)cn1. The maximum absolute atomic E-state index is 12.7. The maximum atomic E-state index is 12.7. The van der Waals surface area contributed by atoms with Gasteiger partial charge in [-0.3, -0.25) is 9.48 Å². The Hall–Kier alpha value is -2.44. The number of carbonyl (C=O) groups is 1. The van der Waals surface area contributed by atoms with Crippen molar-refractivity contribution < 1.29 is 4.79 Å². The molecule has 3 aromatic rings. The first kappa shape index (κ1) is 18.4. The number of nitrogens with one attached hydrogen (secondary N) is 1. The van der Waals surface area contributed by atoms with Crippen LogP contribution in [-0.2, 0) is 6.54 Å². The average molecular weight is 369 g/mol. The second-order valence-corrected chi connectivity index (χ2v) is 6.92. The van der Waals surface area contributed by atoms with E-state index in [2.05, 4.69) is 29.2 Å². The Morgan fingerprint density at radius 1 is 1.19 bits per heavy atom. The largest absolute Gasteiger partial charge is 0.319 e. The van der Waals surface area contributed by atoms with Gasteiger partial charge in [-0.1, -0.05) is 44.2 Å². The zero-order chi connectivity index (χ0) is 18.4. The molecule has 1 aromatic carbocycles. The fraction of sp³-hybridized carbons (Fsp3) is 0.300. The normalized spacial score (nSPS) is 11.0. The molecular weight excluding hydrogens is 344 g/mol. The minimum absolute atomic E-state index is 0.0952. The topological polar surface area (TPSA) is 50.2 Å². The highest BCUT2D eigenvalue weighted by Gasteiger charge is 2.15. The maximum Gasteiger partial charge on any atom is 0.266 e. The third-order valence-electron chi connectivity index (χ3n) is 4.39. The first-order valence-electron chi connectivity index (χ1n) is 8.90. The molecule has 0 aliphatic carbocycles. The smallest absolute Gasteiger partial charge is 0.266 e. The van der Waals surface area contributed by atoms with Gasteiger partial charge >= 0.3 is 0 Å². The third kappa shape index (κ3) is 4.39. The molecule has 0 atom stereocenters. The van der Waals surface area contributed by atoms with Crippen LogP contribution in [0.3, 0.4) is 0 Å². The summed E-state index contributed by atoms with van der Waals surface area (Å²) in [5, 5.41) is 9.26. The Morgan fingerprint density at radius 3 is 2.69 bits per heavy atom. The van der Waals surface area contributed by atoms with E-state index < -0.39 is 0 Å². The fourth-order valence-corrected chi connectivity index (χ4v) is 3.66. The number of nitrogens with zero attached hydrogens (tertiary/aromatic N) is 3. The van der Waals surface area contributed by atoms with Gasteiger partial charge in [-0.05, 0) is 30.1 Å². The molecule has 6 heteroatoms. The lowest BCUT2D eigenvalue weighted by Crippen LogP contribution is -2.27. The van der Waals surface area contributed by atoms with E-state index in [0.29, 0.717) is 4.88 Å². The highest BCUT2D eigenvalue weighted by Crippen LogP contribution is 2.28. The highest BCUT2D eigenvalue weighted by molar-refractivity contribution is 7.12. The van der Waals surface area contributed by atoms with Crippen molar-refractivity contribution in [2.75, 3.05) is 25.0 Å². The van der Waals surface area contributed by atoms with Crippen molar-refractivity contribution in [1.29, 1.82) is 0 Å². The van der Waals surface area contributed by atoms with E-state index in [4.69, 9.17) is 0 Å². The van der Waals surface area contributed by atoms with Gasteiger partial charge < -0.3 is 10.2 Å². The van der Waals surface area contributed by atoms with E-state index in [-0.39, 0.29) is 5.91 Å². The quantitative estimate of drug-likeness (QED) is 0.648. The summed E-state index contributed by atoms with van der Waals surface area (Å²) in [5.74, 6) is -0.0952. The van der Waals surface area contributed by atoms with Crippen LogP contribution < -0.4 is 5.32 Å². The summed E-state index contributed by atoms with van der Waals surface area (Å²) in [5.41, 5.74) is 2.73. The number of anilines is 1. The molecule has 1 amide bonds. The molecule has 26 heavy (non-hydrogen) atoms. The van der Waals surface area contributed by atoms with Gasteiger partial charge in [-0.15, -0.1) is 11.3 Å². The van der Waals surface area contributed by atoms with Crippen molar-refractivity contribution in [3.63, 3.8) is 0 Å². The molecule has 0 spiro atoms. The number of carbonyl (C=O) groups excluding carboxylic acids is 1. The summed E-state index contributed by atoms with van der Waals surface area (Å²) in [7, 11) is 0. The van der Waals surface area contributed by atoms with E-state index in [1.165, 1.54) is 11.3 Å². The fourth-order valence-electron chi connectivity index (χ4n) is 2.85. The van der Waals surface area contributed by atoms with Crippen molar-refractivity contribution >= 4 is 22.9 Å². The predicted octanol–water partition coefficient (Wildman–Crippen LogP) is 4.21. The molecular formula is C20H24N4OS. The van der Waals surface area contributed by atoms with Crippen LogP contribution in [-0.4, -0.2) is 40.2 Å². The molecule has 0 saturated heterocycles. The molecule has 0 radical (unpaired) electrons. The van der Waals surface area contributed by atoms with Crippen LogP contribution in [0.2, 0.25) is 0 Å². The number of aromatic nitrogens is 2. The first-order chi connectivity index (χ1) is 12.7. The summed E-state index contributed by atoms with van der Waals surface area (Å²) in [6, 6.07) is 12.0. The Kier molecular flexibility index (Phi) is 6.20. The summed E-state index contributed by atoms with van der Waals surface area (Å²) < 4.78 is 1.88. The zero-order valence-electron chi connectivity index (χ0n) is 15.2. The van der Waals surface area contributed by atoms with Crippen LogP contribution in [0.15, 0.2) is 54.2 Å². The van der Waals surface area contributed by atoms with Gasteiger partial charge in [0.1, 0.15) is 0 Å². The molecule has 3 rings (SSSR count). The Morgan fingerprint density at radius 2 is 1.96 bits per heavy atom. The van der Waals surface area contributed by atoms with Crippen LogP contribution in [0.4, 0.5) is 5.69 Å². The average Bonchev–Trinajstić information content (AvgIpc) is 3.33. The van der Waals surface area contributed by atoms with Gasteiger partial charge in [-0.2, -0.15) is 5.10 Å². The summed E-state index contributed by atoms with van der Waals surface area (Å²) in [6.07, 6.45) is 3.59.